The molecule has 0 unspecified atom stereocenters. The van der Waals surface area contributed by atoms with Crippen LogP contribution in [0, 0.1) is 0 Å². The van der Waals surface area contributed by atoms with Crippen LogP contribution in [-0.2, 0) is 22.1 Å². The number of anilines is 2. The van der Waals surface area contributed by atoms with Gasteiger partial charge in [0.2, 0.25) is 5.95 Å². The SMILES string of the molecule is C=C/C=C\C(=C)Nc1nc(NCc2ccccc2)c2c(n1)[C@@H](OCCO[Si](C)(C)C(C)(C)C)CCC2. The number of aromatic nitrogens is 2. The summed E-state index contributed by atoms with van der Waals surface area (Å²) in [5, 5.41) is 6.94. The lowest BCUT2D eigenvalue weighted by Gasteiger charge is -2.36. The second kappa shape index (κ2) is 12.5. The van der Waals surface area contributed by atoms with Crippen LogP contribution in [0.25, 0.3) is 0 Å². The van der Waals surface area contributed by atoms with Crippen molar-refractivity contribution in [2.75, 3.05) is 23.8 Å². The summed E-state index contributed by atoms with van der Waals surface area (Å²) in [7, 11) is -1.80. The summed E-state index contributed by atoms with van der Waals surface area (Å²) in [4.78, 5) is 9.70. The molecule has 0 fully saturated rings. The van der Waals surface area contributed by atoms with Gasteiger partial charge in [0.05, 0.1) is 18.9 Å². The lowest BCUT2D eigenvalue weighted by Crippen LogP contribution is -2.41. The molecule has 0 spiro atoms. The molecule has 7 heteroatoms. The molecular formula is C29H42N4O2Si. The van der Waals surface area contributed by atoms with Crippen molar-refractivity contribution >= 4 is 20.1 Å². The van der Waals surface area contributed by atoms with E-state index in [4.69, 9.17) is 19.1 Å². The minimum absolute atomic E-state index is 0.0884. The quantitative estimate of drug-likeness (QED) is 0.181. The fraction of sp³-hybridized carbons (Fsp3) is 0.448. The Morgan fingerprint density at radius 3 is 2.61 bits per heavy atom. The Hall–Kier alpha value is -2.74. The molecule has 0 amide bonds. The number of nitrogens with zero attached hydrogens (tertiary/aromatic N) is 2. The number of ether oxygens (including phenoxy) is 1. The molecule has 0 saturated heterocycles. The summed E-state index contributed by atoms with van der Waals surface area (Å²) in [5.41, 5.74) is 3.97. The van der Waals surface area contributed by atoms with E-state index < -0.39 is 8.32 Å². The van der Waals surface area contributed by atoms with Crippen LogP contribution >= 0.6 is 0 Å². The average molecular weight is 507 g/mol. The molecule has 1 aliphatic rings. The van der Waals surface area contributed by atoms with Gasteiger partial charge in [-0.2, -0.15) is 4.98 Å². The first-order valence-electron chi connectivity index (χ1n) is 12.8. The molecule has 3 rings (SSSR count). The van der Waals surface area contributed by atoms with Gasteiger partial charge in [-0.3, -0.25) is 0 Å². The maximum absolute atomic E-state index is 6.36. The van der Waals surface area contributed by atoms with Crippen molar-refractivity contribution < 1.29 is 9.16 Å². The summed E-state index contributed by atoms with van der Waals surface area (Å²) >= 11 is 0. The third-order valence-corrected chi connectivity index (χ3v) is 11.5. The largest absolute Gasteiger partial charge is 0.414 e. The van der Waals surface area contributed by atoms with Crippen LogP contribution in [0.3, 0.4) is 0 Å². The van der Waals surface area contributed by atoms with Gasteiger partial charge in [0, 0.05) is 17.8 Å². The van der Waals surface area contributed by atoms with Crippen LogP contribution in [0.1, 0.15) is 56.5 Å². The molecular weight excluding hydrogens is 464 g/mol. The standard InChI is InChI=1S/C29H42N4O2Si/c1-8-9-14-22(2)31-28-32-26-24(27(33-28)30-21-23-15-11-10-12-16-23)17-13-18-25(26)34-19-20-35-36(6,7)29(3,4)5/h8-12,14-16,25H,1-2,13,17-21H2,3-7H3,(H2,30,31,32,33)/b14-9-/t25-/m0/s1. The monoisotopic (exact) mass is 506 g/mol. The topological polar surface area (TPSA) is 68.3 Å². The lowest BCUT2D eigenvalue weighted by atomic mass is 9.93. The van der Waals surface area contributed by atoms with Crippen LogP contribution in [-0.4, -0.2) is 31.5 Å². The van der Waals surface area contributed by atoms with Crippen molar-refractivity contribution in [2.45, 2.75) is 70.8 Å². The first-order chi connectivity index (χ1) is 17.1. The zero-order valence-electron chi connectivity index (χ0n) is 22.6. The number of hydrogen-bond acceptors (Lipinski definition) is 6. The molecule has 194 valence electrons. The van der Waals surface area contributed by atoms with Crippen LogP contribution in [0.2, 0.25) is 18.1 Å². The van der Waals surface area contributed by atoms with Crippen molar-refractivity contribution in [1.82, 2.24) is 9.97 Å². The second-order valence-corrected chi connectivity index (χ2v) is 15.5. The van der Waals surface area contributed by atoms with E-state index in [9.17, 15) is 0 Å². The Labute approximate surface area is 218 Å². The summed E-state index contributed by atoms with van der Waals surface area (Å²) in [5.74, 6) is 1.36. The van der Waals surface area contributed by atoms with Crippen molar-refractivity contribution in [2.24, 2.45) is 0 Å². The first-order valence-corrected chi connectivity index (χ1v) is 15.7. The van der Waals surface area contributed by atoms with Gasteiger partial charge in [-0.15, -0.1) is 0 Å². The molecule has 1 atom stereocenters. The van der Waals surface area contributed by atoms with Crippen molar-refractivity contribution in [1.29, 1.82) is 0 Å². The molecule has 0 radical (unpaired) electrons. The molecule has 1 heterocycles. The Morgan fingerprint density at radius 1 is 1.17 bits per heavy atom. The zero-order valence-corrected chi connectivity index (χ0v) is 23.6. The average Bonchev–Trinajstić information content (AvgIpc) is 2.84. The summed E-state index contributed by atoms with van der Waals surface area (Å²) in [6.45, 7) is 20.9. The number of nitrogens with one attached hydrogen (secondary N) is 2. The highest BCUT2D eigenvalue weighted by Gasteiger charge is 2.37. The van der Waals surface area contributed by atoms with E-state index in [1.807, 2.05) is 30.4 Å². The van der Waals surface area contributed by atoms with Crippen molar-refractivity contribution in [3.63, 3.8) is 0 Å². The van der Waals surface area contributed by atoms with Gasteiger partial charge in [-0.25, -0.2) is 4.98 Å². The number of benzene rings is 1. The molecule has 36 heavy (non-hydrogen) atoms. The second-order valence-electron chi connectivity index (χ2n) is 10.7. The highest BCUT2D eigenvalue weighted by atomic mass is 28.4. The Morgan fingerprint density at radius 2 is 1.92 bits per heavy atom. The van der Waals surface area contributed by atoms with E-state index in [2.05, 4.69) is 69.8 Å². The summed E-state index contributed by atoms with van der Waals surface area (Å²) < 4.78 is 12.7. The fourth-order valence-electron chi connectivity index (χ4n) is 3.83. The predicted molar refractivity (Wildman–Crippen MR) is 153 cm³/mol. The lowest BCUT2D eigenvalue weighted by molar-refractivity contribution is 0.0180. The summed E-state index contributed by atoms with van der Waals surface area (Å²) in [6.07, 6.45) is 8.18. The number of allylic oxidation sites excluding steroid dienone is 3. The Bertz CT molecular complexity index is 1060. The highest BCUT2D eigenvalue weighted by Crippen LogP contribution is 2.37. The highest BCUT2D eigenvalue weighted by molar-refractivity contribution is 6.74. The summed E-state index contributed by atoms with van der Waals surface area (Å²) in [6, 6.07) is 10.3. The van der Waals surface area contributed by atoms with Gasteiger partial charge in [0.1, 0.15) is 11.9 Å². The van der Waals surface area contributed by atoms with Crippen LogP contribution in [0.4, 0.5) is 11.8 Å². The van der Waals surface area contributed by atoms with Crippen molar-refractivity contribution in [3.8, 4) is 0 Å². The van der Waals surface area contributed by atoms with Gasteiger partial charge in [0.25, 0.3) is 0 Å². The van der Waals surface area contributed by atoms with E-state index in [0.29, 0.717) is 31.4 Å². The molecule has 0 saturated carbocycles. The number of hydrogen-bond donors (Lipinski definition) is 2. The zero-order chi connectivity index (χ0) is 26.2. The van der Waals surface area contributed by atoms with E-state index in [-0.39, 0.29) is 11.1 Å². The molecule has 1 aromatic heterocycles. The first kappa shape index (κ1) is 27.8. The third kappa shape index (κ3) is 7.63. The normalized spacial score (nSPS) is 16.0. The molecule has 6 nitrogen and oxygen atoms in total. The van der Waals surface area contributed by atoms with Gasteiger partial charge >= 0.3 is 0 Å². The van der Waals surface area contributed by atoms with Crippen LogP contribution in [0.15, 0.2) is 67.4 Å². The number of rotatable bonds is 12. The smallest absolute Gasteiger partial charge is 0.229 e. The van der Waals surface area contributed by atoms with E-state index in [1.54, 1.807) is 6.08 Å². The maximum Gasteiger partial charge on any atom is 0.229 e. The van der Waals surface area contributed by atoms with E-state index in [1.165, 1.54) is 5.56 Å². The molecule has 0 aliphatic heterocycles. The minimum atomic E-state index is -1.80. The van der Waals surface area contributed by atoms with Gasteiger partial charge in [-0.1, -0.05) is 76.4 Å². The van der Waals surface area contributed by atoms with Crippen LogP contribution < -0.4 is 10.6 Å². The molecule has 1 aliphatic carbocycles. The fourth-order valence-corrected chi connectivity index (χ4v) is 4.86. The van der Waals surface area contributed by atoms with E-state index >= 15 is 0 Å². The Kier molecular flexibility index (Phi) is 9.65. The molecule has 2 N–H and O–H groups in total. The van der Waals surface area contributed by atoms with Gasteiger partial charge in [0.15, 0.2) is 8.32 Å². The minimum Gasteiger partial charge on any atom is -0.414 e. The molecule has 0 bridgehead atoms. The maximum atomic E-state index is 6.36. The number of fused-ring (bicyclic) bond motifs is 1. The predicted octanol–water partition coefficient (Wildman–Crippen LogP) is 7.17. The van der Waals surface area contributed by atoms with Crippen LogP contribution in [0.5, 0.6) is 0 Å². The molecule has 1 aromatic carbocycles. The molecule has 2 aromatic rings. The van der Waals surface area contributed by atoms with Gasteiger partial charge < -0.3 is 19.8 Å². The van der Waals surface area contributed by atoms with E-state index in [0.717, 1.165) is 36.3 Å². The van der Waals surface area contributed by atoms with Gasteiger partial charge in [-0.05, 0) is 49.0 Å². The third-order valence-electron chi connectivity index (χ3n) is 6.92. The Balaban J connectivity index is 1.79. The van der Waals surface area contributed by atoms with Crippen molar-refractivity contribution in [3.05, 3.63) is 84.2 Å².